The van der Waals surface area contributed by atoms with E-state index in [-0.39, 0.29) is 19.1 Å². The molecule has 3 nitrogen and oxygen atoms in total. The van der Waals surface area contributed by atoms with Gasteiger partial charge in [0.05, 0.1) is 16.7 Å². The van der Waals surface area contributed by atoms with E-state index in [4.69, 9.17) is 23.2 Å². The maximum Gasteiger partial charge on any atom is 0.246 e. The highest BCUT2D eigenvalue weighted by Crippen LogP contribution is 2.26. The Hall–Kier alpha value is -1.81. The molecule has 0 atom stereocenters. The molecule has 0 bridgehead atoms. The van der Waals surface area contributed by atoms with Gasteiger partial charge in [-0.25, -0.2) is 0 Å². The summed E-state index contributed by atoms with van der Waals surface area (Å²) in [6.07, 6.45) is 3.07. The first-order chi connectivity index (χ1) is 11.1. The largest absolute Gasteiger partial charge is 0.395 e. The van der Waals surface area contributed by atoms with Crippen LogP contribution in [0.4, 0.5) is 0 Å². The molecule has 1 N–H and O–H groups in total. The van der Waals surface area contributed by atoms with Gasteiger partial charge in [-0.3, -0.25) is 4.79 Å². The van der Waals surface area contributed by atoms with Gasteiger partial charge in [0, 0.05) is 19.2 Å². The molecule has 0 aromatic heterocycles. The molecule has 1 amide bonds. The van der Waals surface area contributed by atoms with Crippen LogP contribution in [0.5, 0.6) is 0 Å². The average Bonchev–Trinajstić information content (AvgIpc) is 2.56. The molecule has 23 heavy (non-hydrogen) atoms. The molecule has 5 heteroatoms. The van der Waals surface area contributed by atoms with E-state index in [1.165, 1.54) is 6.08 Å². The van der Waals surface area contributed by atoms with Gasteiger partial charge in [-0.1, -0.05) is 65.7 Å². The lowest BCUT2D eigenvalue weighted by molar-refractivity contribution is -0.127. The summed E-state index contributed by atoms with van der Waals surface area (Å²) < 4.78 is 0. The second kappa shape index (κ2) is 8.73. The zero-order valence-corrected chi connectivity index (χ0v) is 14.0. The molecular formula is C18H17Cl2NO2. The SMILES string of the molecule is O=C(/C=C/c1cccc(Cl)c1Cl)N(CCO)Cc1ccccc1. The van der Waals surface area contributed by atoms with Crippen molar-refractivity contribution in [1.29, 1.82) is 0 Å². The molecule has 0 saturated heterocycles. The van der Waals surface area contributed by atoms with Crippen LogP contribution < -0.4 is 0 Å². The van der Waals surface area contributed by atoms with Gasteiger partial charge >= 0.3 is 0 Å². The summed E-state index contributed by atoms with van der Waals surface area (Å²) >= 11 is 12.1. The third-order valence-corrected chi connectivity index (χ3v) is 4.12. The highest BCUT2D eigenvalue weighted by atomic mass is 35.5. The predicted molar refractivity (Wildman–Crippen MR) is 94.4 cm³/mol. The summed E-state index contributed by atoms with van der Waals surface area (Å²) in [5.74, 6) is -0.195. The summed E-state index contributed by atoms with van der Waals surface area (Å²) in [4.78, 5) is 13.9. The minimum Gasteiger partial charge on any atom is -0.395 e. The second-order valence-electron chi connectivity index (χ2n) is 4.95. The molecule has 0 aliphatic rings. The number of rotatable bonds is 6. The van der Waals surface area contributed by atoms with Gasteiger partial charge in [-0.2, -0.15) is 0 Å². The molecule has 0 aliphatic carbocycles. The monoisotopic (exact) mass is 349 g/mol. The highest BCUT2D eigenvalue weighted by Gasteiger charge is 2.11. The van der Waals surface area contributed by atoms with Crippen molar-refractivity contribution < 1.29 is 9.90 Å². The molecule has 0 aliphatic heterocycles. The Morgan fingerprint density at radius 1 is 1.09 bits per heavy atom. The third kappa shape index (κ3) is 5.10. The zero-order chi connectivity index (χ0) is 16.7. The first-order valence-corrected chi connectivity index (χ1v) is 7.93. The van der Waals surface area contributed by atoms with E-state index in [1.807, 2.05) is 30.3 Å². The maximum atomic E-state index is 12.4. The van der Waals surface area contributed by atoms with Crippen LogP contribution >= 0.6 is 23.2 Å². The van der Waals surface area contributed by atoms with Gasteiger partial charge in [-0.15, -0.1) is 0 Å². The average molecular weight is 350 g/mol. The van der Waals surface area contributed by atoms with E-state index < -0.39 is 0 Å². The van der Waals surface area contributed by atoms with E-state index in [1.54, 1.807) is 29.2 Å². The van der Waals surface area contributed by atoms with Gasteiger partial charge in [0.15, 0.2) is 0 Å². The number of hydrogen-bond acceptors (Lipinski definition) is 2. The number of hydrogen-bond donors (Lipinski definition) is 1. The third-order valence-electron chi connectivity index (χ3n) is 3.28. The number of nitrogens with zero attached hydrogens (tertiary/aromatic N) is 1. The zero-order valence-electron chi connectivity index (χ0n) is 12.5. The van der Waals surface area contributed by atoms with Crippen molar-refractivity contribution in [2.24, 2.45) is 0 Å². The number of aliphatic hydroxyl groups is 1. The van der Waals surface area contributed by atoms with E-state index in [2.05, 4.69) is 0 Å². The molecular weight excluding hydrogens is 333 g/mol. The van der Waals surface area contributed by atoms with Gasteiger partial charge in [-0.05, 0) is 23.3 Å². The summed E-state index contributed by atoms with van der Waals surface area (Å²) in [6, 6.07) is 14.9. The van der Waals surface area contributed by atoms with E-state index in [9.17, 15) is 9.90 Å². The Bertz CT molecular complexity index is 687. The van der Waals surface area contributed by atoms with Gasteiger partial charge < -0.3 is 10.0 Å². The van der Waals surface area contributed by atoms with Crippen molar-refractivity contribution in [2.45, 2.75) is 6.54 Å². The molecule has 0 unspecified atom stereocenters. The fourth-order valence-corrected chi connectivity index (χ4v) is 2.48. The lowest BCUT2D eigenvalue weighted by Gasteiger charge is -2.20. The van der Waals surface area contributed by atoms with Crippen LogP contribution in [-0.4, -0.2) is 29.1 Å². The Morgan fingerprint density at radius 2 is 1.83 bits per heavy atom. The lowest BCUT2D eigenvalue weighted by Crippen LogP contribution is -2.31. The molecule has 0 spiro atoms. The molecule has 2 rings (SSSR count). The number of carbonyl (C=O) groups excluding carboxylic acids is 1. The van der Waals surface area contributed by atoms with Crippen molar-refractivity contribution in [3.8, 4) is 0 Å². The van der Waals surface area contributed by atoms with Crippen molar-refractivity contribution in [1.82, 2.24) is 4.90 Å². The van der Waals surface area contributed by atoms with Crippen LogP contribution in [0, 0.1) is 0 Å². The Morgan fingerprint density at radius 3 is 2.52 bits per heavy atom. The fourth-order valence-electron chi connectivity index (χ4n) is 2.11. The smallest absolute Gasteiger partial charge is 0.246 e. The van der Waals surface area contributed by atoms with Gasteiger partial charge in [0.2, 0.25) is 5.91 Å². The van der Waals surface area contributed by atoms with Crippen molar-refractivity contribution in [3.05, 3.63) is 75.8 Å². The molecule has 2 aromatic rings. The minimum atomic E-state index is -0.195. The van der Waals surface area contributed by atoms with Crippen molar-refractivity contribution in [2.75, 3.05) is 13.2 Å². The van der Waals surface area contributed by atoms with Crippen LogP contribution in [0.15, 0.2) is 54.6 Å². The summed E-state index contributed by atoms with van der Waals surface area (Å²) in [6.45, 7) is 0.611. The van der Waals surface area contributed by atoms with E-state index >= 15 is 0 Å². The van der Waals surface area contributed by atoms with Crippen LogP contribution in [0.25, 0.3) is 6.08 Å². The molecule has 0 heterocycles. The number of amides is 1. The summed E-state index contributed by atoms with van der Waals surface area (Å²) in [5.41, 5.74) is 1.68. The Labute approximate surface area is 145 Å². The number of aliphatic hydroxyl groups excluding tert-OH is 1. The lowest BCUT2D eigenvalue weighted by atomic mass is 10.2. The Kier molecular flexibility index (Phi) is 6.66. The van der Waals surface area contributed by atoms with Crippen LogP contribution in [0.2, 0.25) is 10.0 Å². The molecule has 2 aromatic carbocycles. The van der Waals surface area contributed by atoms with E-state index in [0.29, 0.717) is 22.2 Å². The predicted octanol–water partition coefficient (Wildman–Crippen LogP) is 4.03. The fraction of sp³-hybridized carbons (Fsp3) is 0.167. The topological polar surface area (TPSA) is 40.5 Å². The minimum absolute atomic E-state index is 0.0929. The standard InChI is InChI=1S/C18H17Cl2NO2/c19-16-8-4-7-15(18(16)20)9-10-17(23)21(11-12-22)13-14-5-2-1-3-6-14/h1-10,22H,11-13H2/b10-9+. The molecule has 0 radical (unpaired) electrons. The van der Waals surface area contributed by atoms with Gasteiger partial charge in [0.1, 0.15) is 0 Å². The number of benzene rings is 2. The number of carbonyl (C=O) groups is 1. The first kappa shape index (κ1) is 17.5. The second-order valence-corrected chi connectivity index (χ2v) is 5.73. The maximum absolute atomic E-state index is 12.4. The van der Waals surface area contributed by atoms with E-state index in [0.717, 1.165) is 5.56 Å². The number of halogens is 2. The normalized spacial score (nSPS) is 10.9. The molecule has 120 valence electrons. The van der Waals surface area contributed by atoms with Crippen LogP contribution in [0.1, 0.15) is 11.1 Å². The van der Waals surface area contributed by atoms with Crippen LogP contribution in [0.3, 0.4) is 0 Å². The van der Waals surface area contributed by atoms with Gasteiger partial charge in [0.25, 0.3) is 0 Å². The summed E-state index contributed by atoms with van der Waals surface area (Å²) in [5, 5.41) is 10.0. The van der Waals surface area contributed by atoms with Crippen molar-refractivity contribution in [3.63, 3.8) is 0 Å². The summed E-state index contributed by atoms with van der Waals surface area (Å²) in [7, 11) is 0. The molecule has 0 saturated carbocycles. The quantitative estimate of drug-likeness (QED) is 0.799. The highest BCUT2D eigenvalue weighted by molar-refractivity contribution is 6.42. The van der Waals surface area contributed by atoms with Crippen molar-refractivity contribution >= 4 is 35.2 Å². The molecule has 0 fully saturated rings. The first-order valence-electron chi connectivity index (χ1n) is 7.17. The van der Waals surface area contributed by atoms with Crippen LogP contribution in [-0.2, 0) is 11.3 Å². The Balaban J connectivity index is 2.11.